The fraction of sp³-hybridized carbons (Fsp3) is 0.882. The van der Waals surface area contributed by atoms with Crippen molar-refractivity contribution in [1.82, 2.24) is 5.32 Å². The van der Waals surface area contributed by atoms with Gasteiger partial charge in [-0.25, -0.2) is 0 Å². The van der Waals surface area contributed by atoms with E-state index in [1.54, 1.807) is 0 Å². The SMILES string of the molecule is CC/C=C/C/C=C/CCCCCCCC(CC(=O)NC(CO)C(O)CCCCCCCCCCCCCCCCCCC)OC(=O)CCCCCCCCCCC. The largest absolute Gasteiger partial charge is 0.462 e. The second-order valence-electron chi connectivity index (χ2n) is 17.2. The van der Waals surface area contributed by atoms with Gasteiger partial charge >= 0.3 is 5.97 Å². The van der Waals surface area contributed by atoms with Gasteiger partial charge in [0.05, 0.1) is 25.2 Å². The summed E-state index contributed by atoms with van der Waals surface area (Å²) >= 11 is 0. The maximum atomic E-state index is 13.2. The zero-order chi connectivity index (χ0) is 41.7. The summed E-state index contributed by atoms with van der Waals surface area (Å²) in [6.07, 6.45) is 51.0. The highest BCUT2D eigenvalue weighted by molar-refractivity contribution is 5.77. The summed E-state index contributed by atoms with van der Waals surface area (Å²) in [5.41, 5.74) is 0. The molecule has 336 valence electrons. The molecule has 0 aliphatic heterocycles. The normalized spacial score (nSPS) is 13.4. The molecule has 0 saturated carbocycles. The van der Waals surface area contributed by atoms with Crippen molar-refractivity contribution in [2.24, 2.45) is 0 Å². The van der Waals surface area contributed by atoms with Crippen LogP contribution in [0.2, 0.25) is 0 Å². The van der Waals surface area contributed by atoms with Gasteiger partial charge in [-0.3, -0.25) is 9.59 Å². The molecule has 0 rings (SSSR count). The molecule has 0 aliphatic rings. The average molecular weight is 804 g/mol. The minimum atomic E-state index is -0.786. The van der Waals surface area contributed by atoms with Crippen molar-refractivity contribution < 1.29 is 24.5 Å². The third-order valence-corrected chi connectivity index (χ3v) is 11.5. The molecule has 0 radical (unpaired) electrons. The van der Waals surface area contributed by atoms with Crippen molar-refractivity contribution >= 4 is 11.9 Å². The number of hydrogen-bond donors (Lipinski definition) is 3. The standard InChI is InChI=1S/C51H97NO5/c1-4-7-10-13-16-19-21-23-24-25-26-27-29-32-34-37-40-43-49(54)48(46-53)52-50(55)45-47(42-39-36-33-31-28-22-20-17-14-11-8-5-2)57-51(56)44-41-38-35-30-18-15-12-9-6-3/h8,11,17,20,47-49,53-54H,4-7,9-10,12-16,18-19,21-46H2,1-3H3,(H,52,55)/b11-8+,20-17+. The molecule has 57 heavy (non-hydrogen) atoms. The molecule has 0 heterocycles. The average Bonchev–Trinajstić information content (AvgIpc) is 3.20. The lowest BCUT2D eigenvalue weighted by molar-refractivity contribution is -0.151. The topological polar surface area (TPSA) is 95.9 Å². The number of rotatable bonds is 45. The number of ether oxygens (including phenoxy) is 1. The van der Waals surface area contributed by atoms with Gasteiger partial charge in [0.1, 0.15) is 6.10 Å². The molecule has 3 atom stereocenters. The molecule has 3 N–H and O–H groups in total. The number of esters is 1. The highest BCUT2D eigenvalue weighted by Crippen LogP contribution is 2.18. The Bertz CT molecular complexity index is 904. The smallest absolute Gasteiger partial charge is 0.306 e. The van der Waals surface area contributed by atoms with Crippen molar-refractivity contribution in [3.05, 3.63) is 24.3 Å². The van der Waals surface area contributed by atoms with E-state index in [2.05, 4.69) is 50.4 Å². The Kier molecular flexibility index (Phi) is 44.1. The lowest BCUT2D eigenvalue weighted by Gasteiger charge is -2.24. The highest BCUT2D eigenvalue weighted by atomic mass is 16.5. The van der Waals surface area contributed by atoms with Crippen LogP contribution in [-0.2, 0) is 14.3 Å². The van der Waals surface area contributed by atoms with Gasteiger partial charge in [-0.15, -0.1) is 0 Å². The number of aliphatic hydroxyl groups excluding tert-OH is 2. The lowest BCUT2D eigenvalue weighted by Crippen LogP contribution is -2.46. The molecular formula is C51H97NO5. The van der Waals surface area contributed by atoms with Crippen LogP contribution in [-0.4, -0.2) is 46.9 Å². The van der Waals surface area contributed by atoms with Crippen LogP contribution in [0.15, 0.2) is 24.3 Å². The summed E-state index contributed by atoms with van der Waals surface area (Å²) < 4.78 is 5.90. The number of hydrogen-bond acceptors (Lipinski definition) is 5. The first-order valence-corrected chi connectivity index (χ1v) is 25.1. The Hall–Kier alpha value is -1.66. The van der Waals surface area contributed by atoms with E-state index in [1.165, 1.54) is 148 Å². The van der Waals surface area contributed by atoms with E-state index in [0.717, 1.165) is 70.6 Å². The zero-order valence-corrected chi connectivity index (χ0v) is 38.2. The van der Waals surface area contributed by atoms with E-state index in [1.807, 2.05) is 0 Å². The number of carbonyl (C=O) groups excluding carboxylic acids is 2. The predicted molar refractivity (Wildman–Crippen MR) is 246 cm³/mol. The maximum Gasteiger partial charge on any atom is 0.306 e. The van der Waals surface area contributed by atoms with Gasteiger partial charge in [-0.1, -0.05) is 225 Å². The van der Waals surface area contributed by atoms with Crippen LogP contribution in [0.4, 0.5) is 0 Å². The zero-order valence-electron chi connectivity index (χ0n) is 38.2. The first-order valence-electron chi connectivity index (χ1n) is 25.1. The van der Waals surface area contributed by atoms with Crippen molar-refractivity contribution in [3.63, 3.8) is 0 Å². The second kappa shape index (κ2) is 45.4. The van der Waals surface area contributed by atoms with Crippen molar-refractivity contribution in [2.45, 2.75) is 283 Å². The lowest BCUT2D eigenvalue weighted by atomic mass is 10.0. The molecule has 0 aromatic carbocycles. The van der Waals surface area contributed by atoms with Gasteiger partial charge < -0.3 is 20.3 Å². The third-order valence-electron chi connectivity index (χ3n) is 11.5. The van der Waals surface area contributed by atoms with Crippen LogP contribution in [0.25, 0.3) is 0 Å². The predicted octanol–water partition coefficient (Wildman–Crippen LogP) is 14.7. The molecule has 0 aromatic rings. The number of nitrogens with one attached hydrogen (secondary N) is 1. The summed E-state index contributed by atoms with van der Waals surface area (Å²) in [6, 6.07) is -0.700. The molecule has 1 amide bonds. The van der Waals surface area contributed by atoms with Crippen molar-refractivity contribution in [1.29, 1.82) is 0 Å². The summed E-state index contributed by atoms with van der Waals surface area (Å²) in [5.74, 6) is -0.481. The summed E-state index contributed by atoms with van der Waals surface area (Å²) in [4.78, 5) is 26.0. The van der Waals surface area contributed by atoms with Crippen LogP contribution >= 0.6 is 0 Å². The van der Waals surface area contributed by atoms with Gasteiger partial charge in [-0.05, 0) is 51.4 Å². The Labute approximate surface area is 354 Å². The molecule has 0 saturated heterocycles. The van der Waals surface area contributed by atoms with Gasteiger partial charge in [0, 0.05) is 6.42 Å². The molecule has 6 heteroatoms. The fourth-order valence-corrected chi connectivity index (χ4v) is 7.76. The molecule has 0 aliphatic carbocycles. The molecule has 0 bridgehead atoms. The van der Waals surface area contributed by atoms with Crippen molar-refractivity contribution in [3.8, 4) is 0 Å². The van der Waals surface area contributed by atoms with Crippen LogP contribution in [0.5, 0.6) is 0 Å². The molecule has 0 aromatic heterocycles. The Morgan fingerprint density at radius 1 is 0.526 bits per heavy atom. The van der Waals surface area contributed by atoms with Crippen LogP contribution < -0.4 is 5.32 Å². The Morgan fingerprint density at radius 3 is 1.42 bits per heavy atom. The van der Waals surface area contributed by atoms with Crippen LogP contribution in [0.3, 0.4) is 0 Å². The van der Waals surface area contributed by atoms with Crippen LogP contribution in [0, 0.1) is 0 Å². The summed E-state index contributed by atoms with van der Waals surface area (Å²) in [6.45, 7) is 6.37. The van der Waals surface area contributed by atoms with E-state index in [9.17, 15) is 19.8 Å². The molecule has 3 unspecified atom stereocenters. The first-order chi connectivity index (χ1) is 28.0. The number of aliphatic hydroxyl groups is 2. The van der Waals surface area contributed by atoms with Gasteiger partial charge in [0.2, 0.25) is 5.91 Å². The minimum Gasteiger partial charge on any atom is -0.462 e. The molecule has 6 nitrogen and oxygen atoms in total. The number of carbonyl (C=O) groups is 2. The third kappa shape index (κ3) is 40.9. The van der Waals surface area contributed by atoms with E-state index in [4.69, 9.17) is 4.74 Å². The Morgan fingerprint density at radius 2 is 0.947 bits per heavy atom. The van der Waals surface area contributed by atoms with Crippen LogP contribution in [0.1, 0.15) is 265 Å². The van der Waals surface area contributed by atoms with E-state index < -0.39 is 18.2 Å². The first kappa shape index (κ1) is 55.3. The van der Waals surface area contributed by atoms with E-state index >= 15 is 0 Å². The molecular weight excluding hydrogens is 707 g/mol. The highest BCUT2D eigenvalue weighted by Gasteiger charge is 2.24. The molecule has 0 fully saturated rings. The number of allylic oxidation sites excluding steroid dienone is 4. The van der Waals surface area contributed by atoms with Crippen molar-refractivity contribution in [2.75, 3.05) is 6.61 Å². The van der Waals surface area contributed by atoms with Gasteiger partial charge in [0.15, 0.2) is 0 Å². The van der Waals surface area contributed by atoms with E-state index in [0.29, 0.717) is 19.3 Å². The van der Waals surface area contributed by atoms with Gasteiger partial charge in [-0.2, -0.15) is 0 Å². The second-order valence-corrected chi connectivity index (χ2v) is 17.2. The number of unbranched alkanes of at least 4 members (excludes halogenated alkanes) is 29. The molecule has 0 spiro atoms. The Balaban J connectivity index is 4.44. The summed E-state index contributed by atoms with van der Waals surface area (Å²) in [5, 5.41) is 23.7. The fourth-order valence-electron chi connectivity index (χ4n) is 7.76. The quantitative estimate of drug-likeness (QED) is 0.0324. The monoisotopic (exact) mass is 804 g/mol. The number of amides is 1. The maximum absolute atomic E-state index is 13.2. The van der Waals surface area contributed by atoms with E-state index in [-0.39, 0.29) is 24.9 Å². The minimum absolute atomic E-state index is 0.0725. The van der Waals surface area contributed by atoms with Gasteiger partial charge in [0.25, 0.3) is 0 Å². The summed E-state index contributed by atoms with van der Waals surface area (Å²) in [7, 11) is 0.